The Hall–Kier alpha value is -1.19. The van der Waals surface area contributed by atoms with Gasteiger partial charge in [0.15, 0.2) is 11.5 Å². The third-order valence-electron chi connectivity index (χ3n) is 0.986. The highest BCUT2D eigenvalue weighted by molar-refractivity contribution is 5.92. The molecule has 0 saturated carbocycles. The zero-order valence-electron chi connectivity index (χ0n) is 5.21. The summed E-state index contributed by atoms with van der Waals surface area (Å²) in [6, 6.07) is 0. The lowest BCUT2D eigenvalue weighted by Crippen LogP contribution is -1.93. The minimum Gasteiger partial charge on any atom is -0.293 e. The van der Waals surface area contributed by atoms with Crippen molar-refractivity contribution in [2.24, 2.45) is 0 Å². The number of aromatic nitrogens is 2. The molecule has 1 heterocycles. The summed E-state index contributed by atoms with van der Waals surface area (Å²) in [7, 11) is 0. The van der Waals surface area contributed by atoms with Gasteiger partial charge in [-0.1, -0.05) is 5.16 Å². The molecule has 0 saturated heterocycles. The number of hydrogen-bond acceptors (Lipinski definition) is 4. The van der Waals surface area contributed by atoms with Gasteiger partial charge >= 0.3 is 0 Å². The lowest BCUT2D eigenvalue weighted by Gasteiger charge is -1.80. The van der Waals surface area contributed by atoms with Gasteiger partial charge in [-0.25, -0.2) is 4.63 Å². The monoisotopic (exact) mass is 126 g/mol. The molecule has 4 heteroatoms. The summed E-state index contributed by atoms with van der Waals surface area (Å²) in [6.07, 6.45) is 0. The second kappa shape index (κ2) is 1.97. The van der Waals surface area contributed by atoms with Gasteiger partial charge in [0.25, 0.3) is 0 Å². The maximum Gasteiger partial charge on any atom is 0.183 e. The van der Waals surface area contributed by atoms with Crippen molar-refractivity contribution in [3.8, 4) is 0 Å². The first kappa shape index (κ1) is 5.94. The minimum atomic E-state index is -0.117. The first-order valence-electron chi connectivity index (χ1n) is 2.52. The smallest absolute Gasteiger partial charge is 0.183 e. The van der Waals surface area contributed by atoms with E-state index < -0.39 is 0 Å². The number of rotatable bonds is 1. The number of hydrogen-bond donors (Lipinski definition) is 0. The summed E-state index contributed by atoms with van der Waals surface area (Å²) in [4.78, 5) is 10.6. The minimum absolute atomic E-state index is 0.117. The highest BCUT2D eigenvalue weighted by Crippen LogP contribution is 1.99. The van der Waals surface area contributed by atoms with Crippen LogP contribution in [-0.2, 0) is 0 Å². The normalized spacial score (nSPS) is 9.56. The summed E-state index contributed by atoms with van der Waals surface area (Å²) in [5.41, 5.74) is 0.859. The third-order valence-corrected chi connectivity index (χ3v) is 0.986. The Morgan fingerprint density at radius 2 is 2.22 bits per heavy atom. The summed E-state index contributed by atoms with van der Waals surface area (Å²) in [5, 5.41) is 6.81. The van der Waals surface area contributed by atoms with E-state index in [4.69, 9.17) is 0 Å². The van der Waals surface area contributed by atoms with E-state index >= 15 is 0 Å². The third kappa shape index (κ3) is 0.960. The van der Waals surface area contributed by atoms with E-state index in [1.54, 1.807) is 6.92 Å². The maximum absolute atomic E-state index is 10.6. The molecule has 0 aliphatic rings. The molecule has 0 unspecified atom stereocenters. The quantitative estimate of drug-likeness (QED) is 0.516. The second-order valence-corrected chi connectivity index (χ2v) is 1.75. The van der Waals surface area contributed by atoms with Crippen LogP contribution in [0.25, 0.3) is 0 Å². The van der Waals surface area contributed by atoms with Crippen LogP contribution in [0.3, 0.4) is 0 Å². The Bertz CT molecular complexity index is 229. The molecule has 0 atom stereocenters. The van der Waals surface area contributed by atoms with Crippen LogP contribution in [0.5, 0.6) is 0 Å². The molecule has 0 radical (unpaired) electrons. The molecule has 0 aliphatic heterocycles. The van der Waals surface area contributed by atoms with Gasteiger partial charge in [0, 0.05) is 6.92 Å². The van der Waals surface area contributed by atoms with Gasteiger partial charge < -0.3 is 0 Å². The molecule has 1 aromatic heterocycles. The Morgan fingerprint density at radius 1 is 1.56 bits per heavy atom. The summed E-state index contributed by atoms with van der Waals surface area (Å²) in [5.74, 6) is -0.117. The van der Waals surface area contributed by atoms with Crippen LogP contribution in [0.2, 0.25) is 0 Å². The van der Waals surface area contributed by atoms with Gasteiger partial charge in [-0.2, -0.15) is 0 Å². The predicted octanol–water partition coefficient (Wildman–Crippen LogP) is 0.581. The zero-order chi connectivity index (χ0) is 6.85. The molecule has 48 valence electrons. The lowest BCUT2D eigenvalue weighted by atomic mass is 10.3. The van der Waals surface area contributed by atoms with Crippen molar-refractivity contribution in [3.05, 3.63) is 11.4 Å². The molecular formula is C5H6N2O2. The van der Waals surface area contributed by atoms with Gasteiger partial charge in [0.05, 0.1) is 0 Å². The number of Topliss-reactive ketones (excluding diaryl/α,β-unsaturated/α-hetero) is 1. The Balaban J connectivity index is 3.08. The average molecular weight is 126 g/mol. The van der Waals surface area contributed by atoms with E-state index in [1.165, 1.54) is 6.92 Å². The van der Waals surface area contributed by atoms with Crippen LogP contribution in [0, 0.1) is 6.92 Å². The van der Waals surface area contributed by atoms with Crippen LogP contribution < -0.4 is 0 Å². The Morgan fingerprint density at radius 3 is 2.44 bits per heavy atom. The summed E-state index contributed by atoms with van der Waals surface area (Å²) in [6.45, 7) is 3.10. The summed E-state index contributed by atoms with van der Waals surface area (Å²) < 4.78 is 4.29. The largest absolute Gasteiger partial charge is 0.293 e. The van der Waals surface area contributed by atoms with Gasteiger partial charge in [0.2, 0.25) is 0 Å². The molecule has 0 aromatic carbocycles. The predicted molar refractivity (Wildman–Crippen MR) is 29.0 cm³/mol. The fourth-order valence-corrected chi connectivity index (χ4v) is 0.551. The number of ketones is 1. The lowest BCUT2D eigenvalue weighted by molar-refractivity contribution is 0.100. The molecule has 0 fully saturated rings. The topological polar surface area (TPSA) is 56.0 Å². The van der Waals surface area contributed by atoms with Crippen molar-refractivity contribution < 1.29 is 9.42 Å². The van der Waals surface area contributed by atoms with Crippen LogP contribution in [-0.4, -0.2) is 16.1 Å². The Labute approximate surface area is 51.8 Å². The SMILES string of the molecule is CC(=O)c1nonc1C. The van der Waals surface area contributed by atoms with Crippen molar-refractivity contribution in [1.29, 1.82) is 0 Å². The number of aryl methyl sites for hydroxylation is 1. The fraction of sp³-hybridized carbons (Fsp3) is 0.400. The molecule has 0 bridgehead atoms. The molecule has 0 spiro atoms. The van der Waals surface area contributed by atoms with E-state index in [-0.39, 0.29) is 5.78 Å². The van der Waals surface area contributed by atoms with E-state index in [0.717, 1.165) is 0 Å². The van der Waals surface area contributed by atoms with Gasteiger partial charge in [-0.15, -0.1) is 0 Å². The van der Waals surface area contributed by atoms with Crippen LogP contribution >= 0.6 is 0 Å². The van der Waals surface area contributed by atoms with Crippen LogP contribution in [0.4, 0.5) is 0 Å². The van der Waals surface area contributed by atoms with Gasteiger partial charge in [0.1, 0.15) is 5.69 Å². The molecule has 0 aliphatic carbocycles. The van der Waals surface area contributed by atoms with Gasteiger partial charge in [-0.3, -0.25) is 4.79 Å². The van der Waals surface area contributed by atoms with E-state index in [1.807, 2.05) is 0 Å². The Kier molecular flexibility index (Phi) is 1.30. The van der Waals surface area contributed by atoms with Crippen molar-refractivity contribution in [3.63, 3.8) is 0 Å². The van der Waals surface area contributed by atoms with Crippen molar-refractivity contribution in [2.45, 2.75) is 13.8 Å². The second-order valence-electron chi connectivity index (χ2n) is 1.75. The van der Waals surface area contributed by atoms with Crippen LogP contribution in [0.1, 0.15) is 23.1 Å². The van der Waals surface area contributed by atoms with Gasteiger partial charge in [-0.05, 0) is 12.1 Å². The maximum atomic E-state index is 10.6. The van der Waals surface area contributed by atoms with Crippen molar-refractivity contribution in [2.75, 3.05) is 0 Å². The summed E-state index contributed by atoms with van der Waals surface area (Å²) >= 11 is 0. The highest BCUT2D eigenvalue weighted by atomic mass is 16.6. The number of carbonyl (C=O) groups is 1. The van der Waals surface area contributed by atoms with Crippen molar-refractivity contribution in [1.82, 2.24) is 10.3 Å². The standard InChI is InChI=1S/C5H6N2O2/c1-3-5(4(2)8)7-9-6-3/h1-2H3. The van der Waals surface area contributed by atoms with Crippen LogP contribution in [0.15, 0.2) is 4.63 Å². The first-order chi connectivity index (χ1) is 4.22. The average Bonchev–Trinajstić information content (AvgIpc) is 2.13. The zero-order valence-corrected chi connectivity index (χ0v) is 5.21. The molecule has 1 aromatic rings. The van der Waals surface area contributed by atoms with E-state index in [9.17, 15) is 4.79 Å². The number of nitrogens with zero attached hydrogens (tertiary/aromatic N) is 2. The molecule has 4 nitrogen and oxygen atoms in total. The van der Waals surface area contributed by atoms with Crippen molar-refractivity contribution >= 4 is 5.78 Å². The first-order valence-corrected chi connectivity index (χ1v) is 2.52. The molecule has 0 N–H and O–H groups in total. The van der Waals surface area contributed by atoms with E-state index in [2.05, 4.69) is 14.9 Å². The molecular weight excluding hydrogens is 120 g/mol. The number of carbonyl (C=O) groups excluding carboxylic acids is 1. The highest BCUT2D eigenvalue weighted by Gasteiger charge is 2.08. The van der Waals surface area contributed by atoms with E-state index in [0.29, 0.717) is 11.4 Å². The molecule has 9 heavy (non-hydrogen) atoms. The fourth-order valence-electron chi connectivity index (χ4n) is 0.551. The molecule has 1 rings (SSSR count). The molecule has 0 amide bonds.